The fourth-order valence-electron chi connectivity index (χ4n) is 5.67. The molecule has 1 aliphatic heterocycles. The van der Waals surface area contributed by atoms with Gasteiger partial charge in [-0.25, -0.2) is 0 Å². The summed E-state index contributed by atoms with van der Waals surface area (Å²) in [7, 11) is 1.64. The average Bonchev–Trinajstić information content (AvgIpc) is 2.86. The van der Waals surface area contributed by atoms with Gasteiger partial charge in [0.1, 0.15) is 0 Å². The zero-order valence-corrected chi connectivity index (χ0v) is 14.1. The Labute approximate surface area is 145 Å². The van der Waals surface area contributed by atoms with Gasteiger partial charge >= 0.3 is 11.9 Å². The quantitative estimate of drug-likeness (QED) is 0.626. The number of esters is 2. The van der Waals surface area contributed by atoms with Gasteiger partial charge in [0.15, 0.2) is 0 Å². The van der Waals surface area contributed by atoms with E-state index in [0.29, 0.717) is 6.61 Å². The zero-order valence-electron chi connectivity index (χ0n) is 14.1. The molecule has 2 aromatic carbocycles. The van der Waals surface area contributed by atoms with Crippen LogP contribution in [0.2, 0.25) is 0 Å². The molecule has 4 nitrogen and oxygen atoms in total. The summed E-state index contributed by atoms with van der Waals surface area (Å²) in [4.78, 5) is 25.6. The second-order valence-electron chi connectivity index (χ2n) is 7.44. The van der Waals surface area contributed by atoms with E-state index in [2.05, 4.69) is 24.3 Å². The lowest BCUT2D eigenvalue weighted by molar-refractivity contribution is -0.155. The minimum absolute atomic E-state index is 0.178. The van der Waals surface area contributed by atoms with Crippen molar-refractivity contribution in [3.63, 3.8) is 0 Å². The van der Waals surface area contributed by atoms with E-state index in [1.54, 1.807) is 7.11 Å². The first-order valence-corrected chi connectivity index (χ1v) is 8.50. The van der Waals surface area contributed by atoms with Crippen LogP contribution >= 0.6 is 0 Å². The number of cyclic esters (lactones) is 2. The molecule has 0 amide bonds. The smallest absolute Gasteiger partial charge is 0.321 e. The van der Waals surface area contributed by atoms with Crippen LogP contribution in [0.3, 0.4) is 0 Å². The van der Waals surface area contributed by atoms with Crippen LogP contribution in [0.5, 0.6) is 0 Å². The highest BCUT2D eigenvalue weighted by Crippen LogP contribution is 2.68. The molecule has 4 aliphatic rings. The summed E-state index contributed by atoms with van der Waals surface area (Å²) < 4.78 is 10.8. The van der Waals surface area contributed by atoms with E-state index in [9.17, 15) is 9.59 Å². The molecule has 0 radical (unpaired) electrons. The molecule has 2 atom stereocenters. The third-order valence-electron chi connectivity index (χ3n) is 6.44. The molecule has 1 heterocycles. The second-order valence-corrected chi connectivity index (χ2v) is 7.44. The van der Waals surface area contributed by atoms with E-state index >= 15 is 0 Å². The highest BCUT2D eigenvalue weighted by molar-refractivity contribution is 6.03. The fraction of sp³-hybridized carbons (Fsp3) is 0.333. The van der Waals surface area contributed by atoms with E-state index in [0.717, 1.165) is 22.3 Å². The van der Waals surface area contributed by atoms with Crippen molar-refractivity contribution in [3.8, 4) is 0 Å². The molecular weight excluding hydrogens is 316 g/mol. The maximum Gasteiger partial charge on any atom is 0.321 e. The van der Waals surface area contributed by atoms with Crippen LogP contribution in [0.4, 0.5) is 0 Å². The molecule has 4 heteroatoms. The molecule has 126 valence electrons. The largest absolute Gasteiger partial charge is 0.392 e. The third kappa shape index (κ3) is 1.44. The monoisotopic (exact) mass is 334 g/mol. The van der Waals surface area contributed by atoms with Gasteiger partial charge < -0.3 is 9.47 Å². The minimum atomic E-state index is -0.904. The standard InChI is InChI=1S/C21H18O4/c1-20-16-12-7-3-5-9-14(12)21(11-24-2,15-10-6-4-8-13(15)16)17(20)18(22)25-19(20)23/h3-10,16-17H,11H2,1-2H3. The number of ether oxygens (including phenoxy) is 2. The van der Waals surface area contributed by atoms with Crippen molar-refractivity contribution in [1.29, 1.82) is 0 Å². The summed E-state index contributed by atoms with van der Waals surface area (Å²) in [6.45, 7) is 2.21. The number of benzene rings is 2. The van der Waals surface area contributed by atoms with E-state index in [-0.39, 0.29) is 5.92 Å². The lowest BCUT2D eigenvalue weighted by Crippen LogP contribution is -2.60. The zero-order chi connectivity index (χ0) is 17.4. The summed E-state index contributed by atoms with van der Waals surface area (Å²) in [5.41, 5.74) is 2.75. The average molecular weight is 334 g/mol. The second kappa shape index (κ2) is 4.58. The van der Waals surface area contributed by atoms with Gasteiger partial charge in [-0.3, -0.25) is 9.59 Å². The lowest BCUT2D eigenvalue weighted by atomic mass is 9.42. The predicted molar refractivity (Wildman–Crippen MR) is 90.1 cm³/mol. The van der Waals surface area contributed by atoms with Crippen LogP contribution in [0.25, 0.3) is 0 Å². The van der Waals surface area contributed by atoms with Gasteiger partial charge in [0.05, 0.1) is 23.4 Å². The molecule has 1 saturated heterocycles. The Morgan fingerprint density at radius 1 is 1.00 bits per heavy atom. The first kappa shape index (κ1) is 14.8. The van der Waals surface area contributed by atoms with E-state index in [4.69, 9.17) is 9.47 Å². The molecule has 1 fully saturated rings. The maximum atomic E-state index is 12.8. The Hall–Kier alpha value is -2.46. The van der Waals surface area contributed by atoms with E-state index in [1.807, 2.05) is 31.2 Å². The summed E-state index contributed by atoms with van der Waals surface area (Å²) >= 11 is 0. The van der Waals surface area contributed by atoms with Crippen LogP contribution in [-0.2, 0) is 24.5 Å². The first-order chi connectivity index (χ1) is 12.1. The lowest BCUT2D eigenvalue weighted by Gasteiger charge is -2.57. The fourth-order valence-corrected chi connectivity index (χ4v) is 5.67. The molecule has 3 aliphatic carbocycles. The third-order valence-corrected chi connectivity index (χ3v) is 6.44. The molecule has 0 aromatic heterocycles. The number of carbonyl (C=O) groups excluding carboxylic acids is 2. The van der Waals surface area contributed by atoms with Crippen LogP contribution < -0.4 is 0 Å². The first-order valence-electron chi connectivity index (χ1n) is 8.50. The molecule has 0 spiro atoms. The number of hydrogen-bond acceptors (Lipinski definition) is 4. The normalized spacial score (nSPS) is 34.3. The maximum absolute atomic E-state index is 12.8. The molecular formula is C21H18O4. The van der Waals surface area contributed by atoms with E-state index < -0.39 is 28.7 Å². The van der Waals surface area contributed by atoms with Crippen LogP contribution in [0.1, 0.15) is 35.1 Å². The molecule has 2 aromatic rings. The SMILES string of the molecule is COCC12c3ccccc3C(c3ccccc31)C1(C)C(=O)OC(=O)C21. The summed E-state index contributed by atoms with van der Waals surface area (Å²) in [5.74, 6) is -1.60. The summed E-state index contributed by atoms with van der Waals surface area (Å²) in [5, 5.41) is 0. The Balaban J connectivity index is 1.97. The number of carbonyl (C=O) groups is 2. The van der Waals surface area contributed by atoms with Crippen LogP contribution in [0, 0.1) is 11.3 Å². The number of rotatable bonds is 2. The Bertz CT molecular complexity index is 883. The molecule has 0 saturated carbocycles. The minimum Gasteiger partial charge on any atom is -0.392 e. The summed E-state index contributed by atoms with van der Waals surface area (Å²) in [6.07, 6.45) is 0. The van der Waals surface area contributed by atoms with Crippen molar-refractivity contribution in [2.75, 3.05) is 13.7 Å². The van der Waals surface area contributed by atoms with Gasteiger partial charge in [-0.2, -0.15) is 0 Å². The predicted octanol–water partition coefficient (Wildman–Crippen LogP) is 2.78. The van der Waals surface area contributed by atoms with Crippen molar-refractivity contribution in [1.82, 2.24) is 0 Å². The van der Waals surface area contributed by atoms with Gasteiger partial charge in [-0.15, -0.1) is 0 Å². The van der Waals surface area contributed by atoms with Crippen molar-refractivity contribution in [3.05, 3.63) is 70.8 Å². The van der Waals surface area contributed by atoms with Crippen LogP contribution in [-0.4, -0.2) is 25.7 Å². The highest BCUT2D eigenvalue weighted by Gasteiger charge is 2.73. The Kier molecular flexibility index (Phi) is 2.72. The molecule has 0 N–H and O–H groups in total. The van der Waals surface area contributed by atoms with Gasteiger partial charge in [0, 0.05) is 13.0 Å². The Morgan fingerprint density at radius 3 is 2.12 bits per heavy atom. The van der Waals surface area contributed by atoms with Gasteiger partial charge in [-0.05, 0) is 29.2 Å². The van der Waals surface area contributed by atoms with Crippen LogP contribution in [0.15, 0.2) is 48.5 Å². The summed E-state index contributed by atoms with van der Waals surface area (Å²) in [6, 6.07) is 16.2. The van der Waals surface area contributed by atoms with Gasteiger partial charge in [0.25, 0.3) is 0 Å². The highest BCUT2D eigenvalue weighted by atomic mass is 16.6. The molecule has 25 heavy (non-hydrogen) atoms. The van der Waals surface area contributed by atoms with Crippen molar-refractivity contribution in [2.45, 2.75) is 18.3 Å². The van der Waals surface area contributed by atoms with Crippen molar-refractivity contribution >= 4 is 11.9 Å². The molecule has 6 rings (SSSR count). The van der Waals surface area contributed by atoms with E-state index in [1.165, 1.54) is 0 Å². The number of methoxy groups -OCH3 is 1. The molecule has 2 bridgehead atoms. The van der Waals surface area contributed by atoms with Crippen molar-refractivity contribution < 1.29 is 19.1 Å². The number of hydrogen-bond donors (Lipinski definition) is 0. The molecule has 2 unspecified atom stereocenters. The Morgan fingerprint density at radius 2 is 1.56 bits per heavy atom. The topological polar surface area (TPSA) is 52.6 Å². The van der Waals surface area contributed by atoms with Crippen molar-refractivity contribution in [2.24, 2.45) is 11.3 Å². The van der Waals surface area contributed by atoms with Gasteiger partial charge in [0.2, 0.25) is 0 Å². The van der Waals surface area contributed by atoms with Gasteiger partial charge in [-0.1, -0.05) is 48.5 Å².